The van der Waals surface area contributed by atoms with Crippen LogP contribution in [0.5, 0.6) is 0 Å². The average molecular weight is 222 g/mol. The van der Waals surface area contributed by atoms with E-state index in [1.165, 1.54) is 25.8 Å². The zero-order valence-electron chi connectivity index (χ0n) is 10.9. The highest BCUT2D eigenvalue weighted by Crippen LogP contribution is 2.47. The SMILES string of the molecule is CCC1NC2CC3CNC(C2CC(C)C)C31. The van der Waals surface area contributed by atoms with E-state index >= 15 is 0 Å². The van der Waals surface area contributed by atoms with E-state index in [4.69, 9.17) is 0 Å². The van der Waals surface area contributed by atoms with Gasteiger partial charge in [-0.1, -0.05) is 20.8 Å². The van der Waals surface area contributed by atoms with Crippen LogP contribution in [0.15, 0.2) is 0 Å². The lowest BCUT2D eigenvalue weighted by molar-refractivity contribution is 0.0353. The van der Waals surface area contributed by atoms with Crippen molar-refractivity contribution in [3.8, 4) is 0 Å². The van der Waals surface area contributed by atoms with Crippen LogP contribution in [0, 0.1) is 23.7 Å². The average Bonchev–Trinajstić information content (AvgIpc) is 2.62. The van der Waals surface area contributed by atoms with Crippen molar-refractivity contribution in [2.45, 2.75) is 58.2 Å². The fourth-order valence-electron chi connectivity index (χ4n) is 4.68. The molecule has 2 heteroatoms. The van der Waals surface area contributed by atoms with Crippen molar-refractivity contribution in [3.05, 3.63) is 0 Å². The Bertz CT molecular complexity index is 263. The summed E-state index contributed by atoms with van der Waals surface area (Å²) in [7, 11) is 0. The van der Waals surface area contributed by atoms with Crippen LogP contribution < -0.4 is 10.6 Å². The third-order valence-electron chi connectivity index (χ3n) is 5.19. The molecule has 4 aliphatic rings. The number of rotatable bonds is 3. The smallest absolute Gasteiger partial charge is 0.0157 e. The highest BCUT2D eigenvalue weighted by Gasteiger charge is 2.55. The van der Waals surface area contributed by atoms with Crippen molar-refractivity contribution < 1.29 is 0 Å². The van der Waals surface area contributed by atoms with Gasteiger partial charge in [0.15, 0.2) is 0 Å². The van der Waals surface area contributed by atoms with E-state index in [-0.39, 0.29) is 0 Å². The second-order valence-electron chi connectivity index (χ2n) is 6.59. The highest BCUT2D eigenvalue weighted by molar-refractivity contribution is 5.12. The van der Waals surface area contributed by atoms with E-state index in [9.17, 15) is 0 Å². The minimum absolute atomic E-state index is 0.798. The molecule has 4 rings (SSSR count). The maximum atomic E-state index is 3.92. The van der Waals surface area contributed by atoms with Gasteiger partial charge in [0.05, 0.1) is 0 Å². The number of fused-ring (bicyclic) bond motifs is 1. The van der Waals surface area contributed by atoms with Gasteiger partial charge in [-0.3, -0.25) is 0 Å². The van der Waals surface area contributed by atoms with Gasteiger partial charge in [0.1, 0.15) is 0 Å². The number of hydrogen-bond acceptors (Lipinski definition) is 2. The summed E-state index contributed by atoms with van der Waals surface area (Å²) in [6, 6.07) is 2.44. The Hall–Kier alpha value is -0.0800. The van der Waals surface area contributed by atoms with Crippen LogP contribution in [0.25, 0.3) is 0 Å². The largest absolute Gasteiger partial charge is 0.313 e. The lowest BCUT2D eigenvalue weighted by atomic mass is 9.62. The van der Waals surface area contributed by atoms with E-state index < -0.39 is 0 Å². The summed E-state index contributed by atoms with van der Waals surface area (Å²) in [6.07, 6.45) is 4.14. The van der Waals surface area contributed by atoms with Gasteiger partial charge in [0, 0.05) is 18.1 Å². The molecule has 0 spiro atoms. The van der Waals surface area contributed by atoms with Crippen LogP contribution in [0.3, 0.4) is 0 Å². The summed E-state index contributed by atoms with van der Waals surface area (Å²) < 4.78 is 0. The van der Waals surface area contributed by atoms with Gasteiger partial charge in [0.25, 0.3) is 0 Å². The highest BCUT2D eigenvalue weighted by atomic mass is 15.1. The minimum atomic E-state index is 0.798. The second kappa shape index (κ2) is 3.99. The predicted octanol–water partition coefficient (Wildman–Crippen LogP) is 2.01. The van der Waals surface area contributed by atoms with Crippen LogP contribution in [-0.2, 0) is 0 Å². The van der Waals surface area contributed by atoms with Gasteiger partial charge in [0.2, 0.25) is 0 Å². The van der Waals surface area contributed by atoms with E-state index in [1.807, 2.05) is 0 Å². The summed E-state index contributed by atoms with van der Waals surface area (Å²) in [5.41, 5.74) is 0. The van der Waals surface area contributed by atoms with Gasteiger partial charge in [-0.25, -0.2) is 0 Å². The molecule has 0 aromatic rings. The van der Waals surface area contributed by atoms with Crippen molar-refractivity contribution >= 4 is 0 Å². The Labute approximate surface area is 99.6 Å². The zero-order valence-corrected chi connectivity index (χ0v) is 10.9. The van der Waals surface area contributed by atoms with Crippen molar-refractivity contribution in [1.29, 1.82) is 0 Å². The maximum absolute atomic E-state index is 3.92. The van der Waals surface area contributed by atoms with Gasteiger partial charge >= 0.3 is 0 Å². The van der Waals surface area contributed by atoms with E-state index in [0.29, 0.717) is 0 Å². The molecule has 16 heavy (non-hydrogen) atoms. The summed E-state index contributed by atoms with van der Waals surface area (Å²) in [6.45, 7) is 8.37. The van der Waals surface area contributed by atoms with Crippen LogP contribution >= 0.6 is 0 Å². The molecule has 6 atom stereocenters. The standard InChI is InChI=1S/C14H26N2/c1-4-11-13-9-6-12(16-11)10(5-8(2)3)14(13)15-7-9/h8-16H,4-7H2,1-3H3. The lowest BCUT2D eigenvalue weighted by Gasteiger charge is -2.53. The second-order valence-corrected chi connectivity index (χ2v) is 6.59. The zero-order chi connectivity index (χ0) is 11.3. The Kier molecular flexibility index (Phi) is 2.75. The third kappa shape index (κ3) is 1.53. The van der Waals surface area contributed by atoms with Crippen molar-refractivity contribution in [3.63, 3.8) is 0 Å². The van der Waals surface area contributed by atoms with Crippen molar-refractivity contribution in [1.82, 2.24) is 10.6 Å². The summed E-state index contributed by atoms with van der Waals surface area (Å²) in [5.74, 6) is 3.64. The topological polar surface area (TPSA) is 24.1 Å². The molecule has 0 radical (unpaired) electrons. The minimum Gasteiger partial charge on any atom is -0.313 e. The molecule has 0 amide bonds. The normalized spacial score (nSPS) is 50.2. The molecule has 3 aliphatic heterocycles. The maximum Gasteiger partial charge on any atom is 0.0157 e. The fraction of sp³-hybridized carbons (Fsp3) is 1.00. The molecule has 2 N–H and O–H groups in total. The Morgan fingerprint density at radius 3 is 2.81 bits per heavy atom. The summed E-state index contributed by atoms with van der Waals surface area (Å²) in [5, 5.41) is 7.75. The lowest BCUT2D eigenvalue weighted by Crippen LogP contribution is -2.65. The first-order valence-electron chi connectivity index (χ1n) is 7.20. The first-order valence-corrected chi connectivity index (χ1v) is 7.20. The van der Waals surface area contributed by atoms with Crippen molar-refractivity contribution in [2.24, 2.45) is 23.7 Å². The molecule has 3 saturated heterocycles. The number of piperidine rings is 2. The molecule has 0 aromatic carbocycles. The molecular weight excluding hydrogens is 196 g/mol. The summed E-state index contributed by atoms with van der Waals surface area (Å²) >= 11 is 0. The molecular formula is C14H26N2. The van der Waals surface area contributed by atoms with E-state index in [0.717, 1.165) is 41.8 Å². The third-order valence-corrected chi connectivity index (χ3v) is 5.19. The van der Waals surface area contributed by atoms with Crippen LogP contribution in [0.4, 0.5) is 0 Å². The molecule has 1 saturated carbocycles. The van der Waals surface area contributed by atoms with E-state index in [1.54, 1.807) is 0 Å². The van der Waals surface area contributed by atoms with Gasteiger partial charge < -0.3 is 10.6 Å². The van der Waals surface area contributed by atoms with Crippen LogP contribution in [0.2, 0.25) is 0 Å². The summed E-state index contributed by atoms with van der Waals surface area (Å²) in [4.78, 5) is 0. The fourth-order valence-corrected chi connectivity index (χ4v) is 4.68. The van der Waals surface area contributed by atoms with Gasteiger partial charge in [-0.15, -0.1) is 0 Å². The Morgan fingerprint density at radius 1 is 1.31 bits per heavy atom. The first-order chi connectivity index (χ1) is 7.70. The van der Waals surface area contributed by atoms with Crippen molar-refractivity contribution in [2.75, 3.05) is 6.54 Å². The van der Waals surface area contributed by atoms with E-state index in [2.05, 4.69) is 31.4 Å². The first kappa shape index (κ1) is 11.0. The van der Waals surface area contributed by atoms with Crippen LogP contribution in [0.1, 0.15) is 40.0 Å². The molecule has 6 unspecified atom stereocenters. The molecule has 92 valence electrons. The van der Waals surface area contributed by atoms with Crippen LogP contribution in [-0.4, -0.2) is 24.7 Å². The molecule has 2 nitrogen and oxygen atoms in total. The predicted molar refractivity (Wildman–Crippen MR) is 67.3 cm³/mol. The molecule has 0 aromatic heterocycles. The van der Waals surface area contributed by atoms with Gasteiger partial charge in [-0.2, -0.15) is 0 Å². The van der Waals surface area contributed by atoms with Gasteiger partial charge in [-0.05, 0) is 49.5 Å². The molecule has 4 bridgehead atoms. The monoisotopic (exact) mass is 222 g/mol. The molecule has 4 fully saturated rings. The number of nitrogens with one attached hydrogen (secondary N) is 2. The Morgan fingerprint density at radius 2 is 2.12 bits per heavy atom. The molecule has 3 heterocycles. The number of hydrogen-bond donors (Lipinski definition) is 2. The quantitative estimate of drug-likeness (QED) is 0.763. The molecule has 1 aliphatic carbocycles. The Balaban J connectivity index is 1.80.